The summed E-state index contributed by atoms with van der Waals surface area (Å²) in [6.07, 6.45) is -0.375. The standard InChI is InChI=1S/C13H14O5/c14-7-10-6-12(15)18-11(10)8-17-13(16)9-4-2-1-3-5-9/h1-5,10-11,14H,6-8H2/t10-,11-/m1/s1. The predicted molar refractivity (Wildman–Crippen MR) is 61.8 cm³/mol. The van der Waals surface area contributed by atoms with E-state index in [0.717, 1.165) is 0 Å². The summed E-state index contributed by atoms with van der Waals surface area (Å²) >= 11 is 0. The highest BCUT2D eigenvalue weighted by molar-refractivity contribution is 5.89. The van der Waals surface area contributed by atoms with Crippen molar-refractivity contribution in [1.82, 2.24) is 0 Å². The number of carbonyl (C=O) groups is 2. The van der Waals surface area contributed by atoms with Crippen LogP contribution in [0.15, 0.2) is 30.3 Å². The third-order valence-electron chi connectivity index (χ3n) is 2.86. The summed E-state index contributed by atoms with van der Waals surface area (Å²) in [5.74, 6) is -1.12. The molecule has 0 spiro atoms. The molecule has 5 heteroatoms. The third-order valence-corrected chi connectivity index (χ3v) is 2.86. The molecule has 2 atom stereocenters. The molecule has 0 radical (unpaired) electrons. The van der Waals surface area contributed by atoms with Crippen LogP contribution in [-0.2, 0) is 14.3 Å². The Hall–Kier alpha value is -1.88. The van der Waals surface area contributed by atoms with E-state index in [2.05, 4.69) is 0 Å². The quantitative estimate of drug-likeness (QED) is 0.799. The summed E-state index contributed by atoms with van der Waals surface area (Å²) in [5, 5.41) is 9.06. The molecule has 1 aromatic rings. The summed E-state index contributed by atoms with van der Waals surface area (Å²) in [6, 6.07) is 8.57. The first-order valence-corrected chi connectivity index (χ1v) is 5.73. The number of aliphatic hydroxyl groups is 1. The number of hydrogen-bond donors (Lipinski definition) is 1. The molecule has 1 aliphatic heterocycles. The van der Waals surface area contributed by atoms with Gasteiger partial charge >= 0.3 is 11.9 Å². The fraction of sp³-hybridized carbons (Fsp3) is 0.385. The minimum atomic E-state index is -0.546. The van der Waals surface area contributed by atoms with Crippen LogP contribution in [-0.4, -0.2) is 36.4 Å². The van der Waals surface area contributed by atoms with E-state index < -0.39 is 12.1 Å². The number of carbonyl (C=O) groups excluding carboxylic acids is 2. The zero-order chi connectivity index (χ0) is 13.0. The molecule has 0 bridgehead atoms. The molecule has 1 fully saturated rings. The fourth-order valence-corrected chi connectivity index (χ4v) is 1.83. The number of rotatable bonds is 4. The molecule has 5 nitrogen and oxygen atoms in total. The number of benzene rings is 1. The first-order chi connectivity index (χ1) is 8.70. The van der Waals surface area contributed by atoms with Gasteiger partial charge in [-0.25, -0.2) is 4.79 Å². The van der Waals surface area contributed by atoms with Crippen LogP contribution in [0.2, 0.25) is 0 Å². The normalized spacial score (nSPS) is 22.6. The van der Waals surface area contributed by atoms with Gasteiger partial charge in [0.15, 0.2) is 0 Å². The average Bonchev–Trinajstić information content (AvgIpc) is 2.77. The van der Waals surface area contributed by atoms with Crippen LogP contribution < -0.4 is 0 Å². The second-order valence-corrected chi connectivity index (χ2v) is 4.14. The Morgan fingerprint density at radius 1 is 1.39 bits per heavy atom. The predicted octanol–water partition coefficient (Wildman–Crippen LogP) is 0.767. The molecular formula is C13H14O5. The summed E-state index contributed by atoms with van der Waals surface area (Å²) in [7, 11) is 0. The topological polar surface area (TPSA) is 72.8 Å². The molecular weight excluding hydrogens is 236 g/mol. The number of hydrogen-bond acceptors (Lipinski definition) is 5. The first kappa shape index (κ1) is 12.6. The van der Waals surface area contributed by atoms with Gasteiger partial charge < -0.3 is 14.6 Å². The highest BCUT2D eigenvalue weighted by Gasteiger charge is 2.35. The Balaban J connectivity index is 1.88. The van der Waals surface area contributed by atoms with E-state index in [-0.39, 0.29) is 31.5 Å². The smallest absolute Gasteiger partial charge is 0.338 e. The van der Waals surface area contributed by atoms with Crippen molar-refractivity contribution >= 4 is 11.9 Å². The maximum Gasteiger partial charge on any atom is 0.338 e. The highest BCUT2D eigenvalue weighted by atomic mass is 16.6. The summed E-state index contributed by atoms with van der Waals surface area (Å²) < 4.78 is 10.0. The molecule has 1 N–H and O–H groups in total. The molecule has 0 amide bonds. The largest absolute Gasteiger partial charge is 0.458 e. The number of aliphatic hydroxyl groups excluding tert-OH is 1. The third kappa shape index (κ3) is 2.87. The van der Waals surface area contributed by atoms with Gasteiger partial charge in [-0.3, -0.25) is 4.79 Å². The van der Waals surface area contributed by atoms with E-state index in [1.165, 1.54) is 0 Å². The maximum atomic E-state index is 11.7. The molecule has 0 unspecified atom stereocenters. The lowest BCUT2D eigenvalue weighted by Crippen LogP contribution is -2.26. The van der Waals surface area contributed by atoms with Crippen molar-refractivity contribution < 1.29 is 24.2 Å². The first-order valence-electron chi connectivity index (χ1n) is 5.73. The van der Waals surface area contributed by atoms with Gasteiger partial charge in [-0.1, -0.05) is 18.2 Å². The summed E-state index contributed by atoms with van der Waals surface area (Å²) in [5.41, 5.74) is 0.447. The van der Waals surface area contributed by atoms with Crippen molar-refractivity contribution in [3.63, 3.8) is 0 Å². The van der Waals surface area contributed by atoms with Crippen LogP contribution in [0.5, 0.6) is 0 Å². The van der Waals surface area contributed by atoms with E-state index in [0.29, 0.717) is 5.56 Å². The molecule has 1 aliphatic rings. The molecule has 96 valence electrons. The molecule has 2 rings (SSSR count). The molecule has 1 heterocycles. The Kier molecular flexibility index (Phi) is 3.94. The van der Waals surface area contributed by atoms with E-state index in [9.17, 15) is 9.59 Å². The monoisotopic (exact) mass is 250 g/mol. The van der Waals surface area contributed by atoms with Crippen molar-refractivity contribution in [2.45, 2.75) is 12.5 Å². The van der Waals surface area contributed by atoms with Crippen LogP contribution in [0, 0.1) is 5.92 Å². The van der Waals surface area contributed by atoms with Crippen molar-refractivity contribution in [2.75, 3.05) is 13.2 Å². The van der Waals surface area contributed by atoms with Crippen molar-refractivity contribution in [1.29, 1.82) is 0 Å². The van der Waals surface area contributed by atoms with Gasteiger partial charge in [0.05, 0.1) is 18.6 Å². The van der Waals surface area contributed by atoms with Crippen molar-refractivity contribution in [3.05, 3.63) is 35.9 Å². The molecule has 18 heavy (non-hydrogen) atoms. The van der Waals surface area contributed by atoms with Crippen LogP contribution >= 0.6 is 0 Å². The van der Waals surface area contributed by atoms with Gasteiger partial charge in [-0.15, -0.1) is 0 Å². The van der Waals surface area contributed by atoms with Crippen LogP contribution in [0.3, 0.4) is 0 Å². The van der Waals surface area contributed by atoms with Gasteiger partial charge in [0.25, 0.3) is 0 Å². The number of ether oxygens (including phenoxy) is 2. The Bertz CT molecular complexity index is 428. The van der Waals surface area contributed by atoms with E-state index in [4.69, 9.17) is 14.6 Å². The van der Waals surface area contributed by atoms with Crippen LogP contribution in [0.1, 0.15) is 16.8 Å². The van der Waals surface area contributed by atoms with E-state index >= 15 is 0 Å². The van der Waals surface area contributed by atoms with E-state index in [1.807, 2.05) is 0 Å². The molecule has 0 aliphatic carbocycles. The van der Waals surface area contributed by atoms with Gasteiger partial charge in [-0.2, -0.15) is 0 Å². The van der Waals surface area contributed by atoms with Crippen molar-refractivity contribution in [2.24, 2.45) is 5.92 Å². The Morgan fingerprint density at radius 2 is 2.11 bits per heavy atom. The zero-order valence-corrected chi connectivity index (χ0v) is 9.74. The Morgan fingerprint density at radius 3 is 2.78 bits per heavy atom. The highest BCUT2D eigenvalue weighted by Crippen LogP contribution is 2.22. The summed E-state index contributed by atoms with van der Waals surface area (Å²) in [6.45, 7) is -0.177. The second kappa shape index (κ2) is 5.64. The van der Waals surface area contributed by atoms with Gasteiger partial charge in [0.1, 0.15) is 12.7 Å². The summed E-state index contributed by atoms with van der Waals surface area (Å²) in [4.78, 5) is 22.7. The van der Waals surface area contributed by atoms with Crippen LogP contribution in [0.4, 0.5) is 0 Å². The lowest BCUT2D eigenvalue weighted by molar-refractivity contribution is -0.143. The molecule has 0 aromatic heterocycles. The van der Waals surface area contributed by atoms with Gasteiger partial charge in [-0.05, 0) is 12.1 Å². The lowest BCUT2D eigenvalue weighted by atomic mass is 10.0. The molecule has 0 saturated carbocycles. The maximum absolute atomic E-state index is 11.7. The molecule has 1 aromatic carbocycles. The minimum absolute atomic E-state index is 0.0231. The SMILES string of the molecule is O=C1C[C@H](CO)[C@@H](COC(=O)c2ccccc2)O1. The van der Waals surface area contributed by atoms with Gasteiger partial charge in [0, 0.05) is 5.92 Å². The molecule has 1 saturated heterocycles. The fourth-order valence-electron chi connectivity index (χ4n) is 1.83. The van der Waals surface area contributed by atoms with Crippen molar-refractivity contribution in [3.8, 4) is 0 Å². The zero-order valence-electron chi connectivity index (χ0n) is 9.74. The minimum Gasteiger partial charge on any atom is -0.458 e. The van der Waals surface area contributed by atoms with Gasteiger partial charge in [0.2, 0.25) is 0 Å². The second-order valence-electron chi connectivity index (χ2n) is 4.14. The lowest BCUT2D eigenvalue weighted by Gasteiger charge is -2.15. The number of esters is 2. The number of cyclic esters (lactones) is 1. The Labute approximate surface area is 104 Å². The van der Waals surface area contributed by atoms with Crippen LogP contribution in [0.25, 0.3) is 0 Å². The van der Waals surface area contributed by atoms with E-state index in [1.54, 1.807) is 30.3 Å². The average molecular weight is 250 g/mol.